The molecule has 4 aromatic rings. The molecule has 2 aromatic carbocycles. The first kappa shape index (κ1) is 34.6. The molecule has 0 saturated carbocycles. The van der Waals surface area contributed by atoms with E-state index in [4.69, 9.17) is 0 Å². The molecule has 3 atom stereocenters. The SMILES string of the molecule is CCC(C)[C@@H](CN(CC(=O)N[C@@H](CCSC)C(=O)O)Cc1cccc2ccccc12)NC(=O)Cc1cncn1Cc1ccncc1. The number of carbonyl (C=O) groups is 3. The Morgan fingerprint density at radius 1 is 1.00 bits per heavy atom. The molecule has 2 amide bonds. The topological polar surface area (TPSA) is 129 Å². The standard InChI is InChI=1S/C35H44N6O4S/c1-4-25(2)32(39-33(42)18-29-19-37-24-41(29)20-26-12-15-36-16-13-26)22-40(23-34(43)38-31(35(44)45)14-17-46-3)21-28-10-7-9-27-8-5-6-11-30(27)28/h5-13,15-16,19,24-25,31-32H,4,14,17-18,20-23H2,1-3H3,(H,38,43)(H,39,42)(H,44,45)/t25?,31-,32+/m0/s1. The Balaban J connectivity index is 1.52. The van der Waals surface area contributed by atoms with Crippen LogP contribution in [0.1, 0.15) is 43.5 Å². The van der Waals surface area contributed by atoms with Crippen LogP contribution in [0.5, 0.6) is 0 Å². The lowest BCUT2D eigenvalue weighted by Gasteiger charge is -2.31. The summed E-state index contributed by atoms with van der Waals surface area (Å²) < 4.78 is 1.96. The predicted molar refractivity (Wildman–Crippen MR) is 182 cm³/mol. The van der Waals surface area contributed by atoms with Crippen LogP contribution >= 0.6 is 11.8 Å². The molecule has 0 aliphatic heterocycles. The van der Waals surface area contributed by atoms with Crippen molar-refractivity contribution in [2.45, 2.75) is 58.3 Å². The number of nitrogens with zero attached hydrogens (tertiary/aromatic N) is 4. The van der Waals surface area contributed by atoms with E-state index in [-0.39, 0.29) is 36.7 Å². The zero-order chi connectivity index (χ0) is 32.9. The summed E-state index contributed by atoms with van der Waals surface area (Å²) in [4.78, 5) is 49.0. The smallest absolute Gasteiger partial charge is 0.326 e. The van der Waals surface area contributed by atoms with Gasteiger partial charge in [0.2, 0.25) is 11.8 Å². The maximum absolute atomic E-state index is 13.5. The van der Waals surface area contributed by atoms with Gasteiger partial charge < -0.3 is 20.3 Å². The number of amides is 2. The van der Waals surface area contributed by atoms with Crippen LogP contribution in [0.15, 0.2) is 79.5 Å². The van der Waals surface area contributed by atoms with E-state index >= 15 is 0 Å². The van der Waals surface area contributed by atoms with Crippen molar-refractivity contribution in [1.82, 2.24) is 30.1 Å². The van der Waals surface area contributed by atoms with E-state index in [0.717, 1.165) is 34.0 Å². The number of benzene rings is 2. The highest BCUT2D eigenvalue weighted by Gasteiger charge is 2.26. The summed E-state index contributed by atoms with van der Waals surface area (Å²) in [5.41, 5.74) is 2.92. The van der Waals surface area contributed by atoms with E-state index in [9.17, 15) is 19.5 Å². The van der Waals surface area contributed by atoms with E-state index < -0.39 is 12.0 Å². The Morgan fingerprint density at radius 3 is 2.50 bits per heavy atom. The van der Waals surface area contributed by atoms with Gasteiger partial charge in [-0.25, -0.2) is 9.78 Å². The fourth-order valence-electron chi connectivity index (χ4n) is 5.47. The van der Waals surface area contributed by atoms with Gasteiger partial charge in [-0.05, 0) is 58.4 Å². The summed E-state index contributed by atoms with van der Waals surface area (Å²) in [6, 6.07) is 16.9. The monoisotopic (exact) mass is 644 g/mol. The van der Waals surface area contributed by atoms with Crippen LogP contribution in [0.4, 0.5) is 0 Å². The average Bonchev–Trinajstić information content (AvgIpc) is 3.48. The van der Waals surface area contributed by atoms with E-state index in [0.29, 0.717) is 31.8 Å². The second-order valence-electron chi connectivity index (χ2n) is 11.7. The summed E-state index contributed by atoms with van der Waals surface area (Å²) in [5, 5.41) is 17.9. The fraction of sp³-hybridized carbons (Fsp3) is 0.400. The molecule has 0 fully saturated rings. The number of fused-ring (bicyclic) bond motifs is 1. The number of carboxylic acids is 1. The van der Waals surface area contributed by atoms with Gasteiger partial charge in [-0.1, -0.05) is 62.7 Å². The molecule has 2 heterocycles. The summed E-state index contributed by atoms with van der Waals surface area (Å²) in [6.45, 7) is 5.63. The number of carbonyl (C=O) groups excluding carboxylic acids is 2. The number of imidazole rings is 1. The van der Waals surface area contributed by atoms with Gasteiger partial charge in [-0.3, -0.25) is 19.5 Å². The first-order valence-corrected chi connectivity index (χ1v) is 17.0. The number of rotatable bonds is 18. The highest BCUT2D eigenvalue weighted by atomic mass is 32.2. The quantitative estimate of drug-likeness (QED) is 0.146. The van der Waals surface area contributed by atoms with Gasteiger partial charge in [0.25, 0.3) is 0 Å². The van der Waals surface area contributed by atoms with Crippen molar-refractivity contribution in [1.29, 1.82) is 0 Å². The number of pyridine rings is 1. The van der Waals surface area contributed by atoms with Gasteiger partial charge in [0.1, 0.15) is 6.04 Å². The summed E-state index contributed by atoms with van der Waals surface area (Å²) in [7, 11) is 0. The normalized spacial score (nSPS) is 13.3. The maximum Gasteiger partial charge on any atom is 0.326 e. The minimum absolute atomic E-state index is 0.00617. The van der Waals surface area contributed by atoms with Crippen molar-refractivity contribution in [3.8, 4) is 0 Å². The molecule has 0 aliphatic rings. The molecule has 0 spiro atoms. The lowest BCUT2D eigenvalue weighted by Crippen LogP contribution is -2.51. The van der Waals surface area contributed by atoms with Crippen molar-refractivity contribution in [2.24, 2.45) is 5.92 Å². The molecular weight excluding hydrogens is 600 g/mol. The Kier molecular flexibility index (Phi) is 13.2. The molecule has 0 saturated heterocycles. The van der Waals surface area contributed by atoms with Crippen LogP contribution in [0, 0.1) is 5.92 Å². The Labute approximate surface area is 275 Å². The van der Waals surface area contributed by atoms with Crippen LogP contribution in [0.2, 0.25) is 0 Å². The zero-order valence-electron chi connectivity index (χ0n) is 26.8. The molecule has 2 aromatic heterocycles. The van der Waals surface area contributed by atoms with Gasteiger partial charge in [0.15, 0.2) is 0 Å². The third-order valence-electron chi connectivity index (χ3n) is 8.26. The third kappa shape index (κ3) is 10.1. The third-order valence-corrected chi connectivity index (χ3v) is 8.90. The number of aliphatic carboxylic acids is 1. The average molecular weight is 645 g/mol. The lowest BCUT2D eigenvalue weighted by molar-refractivity contribution is -0.142. The summed E-state index contributed by atoms with van der Waals surface area (Å²) >= 11 is 1.54. The number of thioether (sulfide) groups is 1. The molecule has 3 N–H and O–H groups in total. The van der Waals surface area contributed by atoms with Crippen LogP contribution in [-0.2, 0) is 33.9 Å². The molecule has 0 bridgehead atoms. The van der Waals surface area contributed by atoms with Gasteiger partial charge in [0, 0.05) is 50.0 Å². The number of hydrogen-bond acceptors (Lipinski definition) is 7. The molecule has 11 heteroatoms. The number of aromatic nitrogens is 3. The first-order valence-electron chi connectivity index (χ1n) is 15.6. The molecule has 46 heavy (non-hydrogen) atoms. The van der Waals surface area contributed by atoms with Gasteiger partial charge >= 0.3 is 5.97 Å². The van der Waals surface area contributed by atoms with Gasteiger partial charge in [0.05, 0.1) is 19.3 Å². The molecule has 244 valence electrons. The number of hydrogen-bond donors (Lipinski definition) is 3. The Hall–Kier alpha value is -4.22. The minimum atomic E-state index is -1.05. The van der Waals surface area contributed by atoms with Crippen LogP contribution in [-0.4, -0.2) is 79.5 Å². The van der Waals surface area contributed by atoms with E-state index in [1.807, 2.05) is 52.1 Å². The number of nitrogens with one attached hydrogen (secondary N) is 2. The molecular formula is C35H44N6O4S. The Morgan fingerprint density at radius 2 is 1.76 bits per heavy atom. The van der Waals surface area contributed by atoms with Crippen molar-refractivity contribution in [3.63, 3.8) is 0 Å². The predicted octanol–water partition coefficient (Wildman–Crippen LogP) is 4.38. The maximum atomic E-state index is 13.5. The summed E-state index contributed by atoms with van der Waals surface area (Å²) in [6.07, 6.45) is 10.2. The minimum Gasteiger partial charge on any atom is -0.480 e. The van der Waals surface area contributed by atoms with Gasteiger partial charge in [-0.15, -0.1) is 0 Å². The molecule has 10 nitrogen and oxygen atoms in total. The molecule has 0 aliphatic carbocycles. The molecule has 1 unspecified atom stereocenters. The van der Waals surface area contributed by atoms with Crippen molar-refractivity contribution in [3.05, 3.63) is 96.3 Å². The molecule has 4 rings (SSSR count). The Bertz CT molecular complexity index is 1570. The first-order chi connectivity index (χ1) is 22.3. The van der Waals surface area contributed by atoms with Crippen molar-refractivity contribution in [2.75, 3.05) is 25.1 Å². The largest absolute Gasteiger partial charge is 0.480 e. The highest BCUT2D eigenvalue weighted by Crippen LogP contribution is 2.21. The van der Waals surface area contributed by atoms with E-state index in [1.54, 1.807) is 24.9 Å². The number of carboxylic acid groups (broad SMARTS) is 1. The van der Waals surface area contributed by atoms with Crippen molar-refractivity contribution >= 4 is 40.3 Å². The second kappa shape index (κ2) is 17.5. The fourth-order valence-corrected chi connectivity index (χ4v) is 5.94. The van der Waals surface area contributed by atoms with Crippen LogP contribution in [0.3, 0.4) is 0 Å². The zero-order valence-corrected chi connectivity index (χ0v) is 27.6. The van der Waals surface area contributed by atoms with Crippen LogP contribution in [0.25, 0.3) is 10.8 Å². The molecule has 0 radical (unpaired) electrons. The summed E-state index contributed by atoms with van der Waals surface area (Å²) in [5.74, 6) is -0.782. The van der Waals surface area contributed by atoms with E-state index in [1.165, 1.54) is 11.8 Å². The van der Waals surface area contributed by atoms with Crippen LogP contribution < -0.4 is 10.6 Å². The second-order valence-corrected chi connectivity index (χ2v) is 12.6. The van der Waals surface area contributed by atoms with E-state index in [2.05, 4.69) is 52.6 Å². The van der Waals surface area contributed by atoms with Crippen molar-refractivity contribution < 1.29 is 19.5 Å². The lowest BCUT2D eigenvalue weighted by atomic mass is 9.97. The van der Waals surface area contributed by atoms with Gasteiger partial charge in [-0.2, -0.15) is 11.8 Å². The highest BCUT2D eigenvalue weighted by molar-refractivity contribution is 7.98.